The van der Waals surface area contributed by atoms with E-state index in [1.807, 2.05) is 0 Å². The van der Waals surface area contributed by atoms with Gasteiger partial charge in [0, 0.05) is 0 Å². The second kappa shape index (κ2) is 9.96. The lowest BCUT2D eigenvalue weighted by molar-refractivity contribution is -0.152. The van der Waals surface area contributed by atoms with Crippen LogP contribution in [0, 0.1) is 11.8 Å². The van der Waals surface area contributed by atoms with Crippen molar-refractivity contribution in [2.75, 3.05) is 36.6 Å². The fraction of sp³-hybridized carbons (Fsp3) is 0.667. The number of ether oxygens (including phenoxy) is 2. The highest BCUT2D eigenvalue weighted by Gasteiger charge is 2.38. The summed E-state index contributed by atoms with van der Waals surface area (Å²) in [4.78, 5) is 23.5. The molecule has 32 heavy (non-hydrogen) atoms. The van der Waals surface area contributed by atoms with Gasteiger partial charge in [0.1, 0.15) is 13.2 Å². The average molecular weight is 542 g/mol. The lowest BCUT2D eigenvalue weighted by Gasteiger charge is -2.11. The molecule has 0 N–H and O–H groups in total. The van der Waals surface area contributed by atoms with Crippen LogP contribution in [0.2, 0.25) is 0 Å². The van der Waals surface area contributed by atoms with E-state index in [9.17, 15) is 43.3 Å². The van der Waals surface area contributed by atoms with Crippen LogP contribution in [0.4, 0.5) is 0 Å². The predicted octanol–water partition coefficient (Wildman–Crippen LogP) is -3.86. The second-order valence-electron chi connectivity index (χ2n) is 5.77. The third-order valence-corrected chi connectivity index (χ3v) is 9.79. The molecule has 0 spiro atoms. The second-order valence-corrected chi connectivity index (χ2v) is 13.0. The van der Waals surface area contributed by atoms with Crippen LogP contribution in [0.25, 0.3) is 0 Å². The van der Waals surface area contributed by atoms with E-state index in [1.165, 1.54) is 0 Å². The van der Waals surface area contributed by atoms with E-state index in [-0.39, 0.29) is 0 Å². The van der Waals surface area contributed by atoms with Crippen LogP contribution in [0.15, 0.2) is 0 Å². The van der Waals surface area contributed by atoms with Crippen LogP contribution in [-0.2, 0) is 76.3 Å². The molecule has 2 heterocycles. The summed E-state index contributed by atoms with van der Waals surface area (Å²) in [6.07, 6.45) is -3.77. The van der Waals surface area contributed by atoms with Crippen molar-refractivity contribution in [3.05, 3.63) is 0 Å². The number of hydrogen-bond acceptors (Lipinski definition) is 16. The van der Waals surface area contributed by atoms with E-state index in [4.69, 9.17) is 0 Å². The zero-order valence-corrected chi connectivity index (χ0v) is 18.8. The summed E-state index contributed by atoms with van der Waals surface area (Å²) in [6.45, 7) is -3.18. The minimum absolute atomic E-state index is 0.654. The first-order valence-electron chi connectivity index (χ1n) is 7.95. The van der Waals surface area contributed by atoms with Crippen LogP contribution < -0.4 is 0 Å². The molecule has 0 radical (unpaired) electrons. The lowest BCUT2D eigenvalue weighted by Crippen LogP contribution is -2.32. The van der Waals surface area contributed by atoms with Crippen molar-refractivity contribution >= 4 is 52.4 Å². The molecule has 0 aromatic rings. The van der Waals surface area contributed by atoms with E-state index in [2.05, 4.69) is 38.0 Å². The first kappa shape index (κ1) is 26.4. The fourth-order valence-corrected chi connectivity index (χ4v) is 7.39. The predicted molar refractivity (Wildman–Crippen MR) is 96.8 cm³/mol. The van der Waals surface area contributed by atoms with Crippen molar-refractivity contribution in [1.29, 1.82) is 0 Å². The highest BCUT2D eigenvalue weighted by molar-refractivity contribution is 8.04. The Balaban J connectivity index is 1.81. The summed E-state index contributed by atoms with van der Waals surface area (Å²) in [6, 6.07) is 0. The summed E-state index contributed by atoms with van der Waals surface area (Å²) >= 11 is 0. The molecule has 2 atom stereocenters. The van der Waals surface area contributed by atoms with Gasteiger partial charge < -0.3 is 9.47 Å². The first-order valence-corrected chi connectivity index (χ1v) is 14.3. The van der Waals surface area contributed by atoms with Crippen LogP contribution in [0.3, 0.4) is 0 Å². The molecule has 20 heteroatoms. The molecule has 0 bridgehead atoms. The maximum Gasteiger partial charge on any atom is 0.340 e. The Morgan fingerprint density at radius 1 is 0.656 bits per heavy atom. The minimum Gasteiger partial charge on any atom is -0.450 e. The molecule has 2 unspecified atom stereocenters. The normalized spacial score (nSPS) is 28.0. The Bertz CT molecular complexity index is 1140. The molecule has 16 nitrogen and oxygen atoms in total. The van der Waals surface area contributed by atoms with Gasteiger partial charge in [-0.3, -0.25) is 16.7 Å². The van der Waals surface area contributed by atoms with Gasteiger partial charge in [-0.1, -0.05) is 11.8 Å². The highest BCUT2D eigenvalue weighted by atomic mass is 32.3. The zero-order chi connectivity index (χ0) is 24.2. The molecule has 182 valence electrons. The topological polar surface area (TPSA) is 226 Å². The molecule has 0 aliphatic carbocycles. The largest absolute Gasteiger partial charge is 0.450 e. The van der Waals surface area contributed by atoms with Gasteiger partial charge in [-0.05, 0) is 0 Å². The number of rotatable bonds is 4. The third-order valence-electron chi connectivity index (χ3n) is 3.12. The van der Waals surface area contributed by atoms with Crippen LogP contribution >= 0.6 is 0 Å². The van der Waals surface area contributed by atoms with Gasteiger partial charge >= 0.3 is 11.9 Å². The van der Waals surface area contributed by atoms with Crippen LogP contribution in [-0.4, -0.2) is 94.4 Å². The third kappa shape index (κ3) is 8.58. The van der Waals surface area contributed by atoms with Gasteiger partial charge in [-0.25, -0.2) is 9.59 Å². The van der Waals surface area contributed by atoms with Crippen molar-refractivity contribution in [1.82, 2.24) is 0 Å². The number of carbonyl (C=O) groups excluding carboxylic acids is 2. The smallest absolute Gasteiger partial charge is 0.340 e. The Morgan fingerprint density at radius 2 is 1.00 bits per heavy atom. The highest BCUT2D eigenvalue weighted by Crippen LogP contribution is 2.15. The molecule has 0 amide bonds. The maximum atomic E-state index is 11.8. The molecule has 2 rings (SSSR count). The Hall–Kier alpha value is -1.86. The molecule has 2 saturated heterocycles. The molecular formula is C12H14O16S4. The van der Waals surface area contributed by atoms with E-state index in [0.29, 0.717) is 0 Å². The standard InChI is InChI=1S/C12H14O16S4/c13-11(9-5-25-29(15,16)7-31(19,20)27-9)23-3-1-2-4-24-12(14)10-6-26-30(17,18)8-32(21,22)28-10/h9-10H,3-8H2. The summed E-state index contributed by atoms with van der Waals surface area (Å²) in [5.41, 5.74) is 0. The number of esters is 2. The molecular weight excluding hydrogens is 528 g/mol. The van der Waals surface area contributed by atoms with Gasteiger partial charge in [0.2, 0.25) is 10.2 Å². The Labute approximate surface area is 182 Å². The van der Waals surface area contributed by atoms with Gasteiger partial charge in [0.25, 0.3) is 40.5 Å². The molecule has 2 aliphatic rings. The summed E-state index contributed by atoms with van der Waals surface area (Å²) in [5, 5.41) is -2.95. The molecule has 0 aromatic carbocycles. The van der Waals surface area contributed by atoms with E-state index < -0.39 is 101 Å². The van der Waals surface area contributed by atoms with Gasteiger partial charge in [0.15, 0.2) is 25.4 Å². The monoisotopic (exact) mass is 542 g/mol. The zero-order valence-electron chi connectivity index (χ0n) is 15.6. The van der Waals surface area contributed by atoms with Crippen molar-refractivity contribution in [2.45, 2.75) is 12.2 Å². The first-order chi connectivity index (χ1) is 14.6. The Morgan fingerprint density at radius 3 is 1.34 bits per heavy atom. The van der Waals surface area contributed by atoms with E-state index in [1.54, 1.807) is 0 Å². The SMILES string of the molecule is O=C(OCC#CCOC(=O)C1COS(=O)(=O)CS(=O)(=O)O1)C1COS(=O)(=O)CS(=O)(=O)O1. The van der Waals surface area contributed by atoms with Gasteiger partial charge in [-0.15, -0.1) is 0 Å². The number of carbonyl (C=O) groups is 2. The Kier molecular flexibility index (Phi) is 8.21. The fourth-order valence-electron chi connectivity index (χ4n) is 1.93. The summed E-state index contributed by atoms with van der Waals surface area (Å²) in [5.74, 6) is 1.78. The quantitative estimate of drug-likeness (QED) is 0.188. The summed E-state index contributed by atoms with van der Waals surface area (Å²) in [7, 11) is -18.1. The molecule has 0 saturated carbocycles. The van der Waals surface area contributed by atoms with E-state index >= 15 is 0 Å². The number of hydrogen-bond donors (Lipinski definition) is 0. The van der Waals surface area contributed by atoms with Crippen LogP contribution in [0.5, 0.6) is 0 Å². The van der Waals surface area contributed by atoms with Gasteiger partial charge in [0.05, 0.1) is 0 Å². The van der Waals surface area contributed by atoms with Crippen molar-refractivity contribution in [2.24, 2.45) is 0 Å². The molecule has 2 aliphatic heterocycles. The molecule has 2 fully saturated rings. The maximum absolute atomic E-state index is 11.8. The van der Waals surface area contributed by atoms with Crippen LogP contribution in [0.1, 0.15) is 0 Å². The summed E-state index contributed by atoms with van der Waals surface area (Å²) < 4.78 is 117. The van der Waals surface area contributed by atoms with Crippen molar-refractivity contribution in [3.63, 3.8) is 0 Å². The van der Waals surface area contributed by atoms with Crippen molar-refractivity contribution in [3.8, 4) is 11.8 Å². The lowest BCUT2D eigenvalue weighted by atomic mass is 10.4. The van der Waals surface area contributed by atoms with E-state index in [0.717, 1.165) is 0 Å². The molecule has 0 aromatic heterocycles. The van der Waals surface area contributed by atoms with Gasteiger partial charge in [-0.2, -0.15) is 33.7 Å². The minimum atomic E-state index is -4.61. The van der Waals surface area contributed by atoms with Crippen molar-refractivity contribution < 1.29 is 69.5 Å². The average Bonchev–Trinajstić information content (AvgIpc) is 2.81.